The van der Waals surface area contributed by atoms with E-state index < -0.39 is 6.10 Å². The molecule has 1 amide bonds. The van der Waals surface area contributed by atoms with Crippen molar-refractivity contribution in [3.63, 3.8) is 0 Å². The molecule has 0 aliphatic heterocycles. The number of thiazole rings is 1. The maximum Gasteiger partial charge on any atom is 0.228 e. The van der Waals surface area contributed by atoms with Crippen LogP contribution in [0, 0.1) is 18.7 Å². The number of hydrogen-bond acceptors (Lipinski definition) is 4. The Bertz CT molecular complexity index is 653. The number of hydrogen-bond donors (Lipinski definition) is 2. The van der Waals surface area contributed by atoms with E-state index in [9.17, 15) is 14.3 Å². The van der Waals surface area contributed by atoms with E-state index in [1.165, 1.54) is 23.5 Å². The molecule has 1 heterocycles. The van der Waals surface area contributed by atoms with Crippen molar-refractivity contribution in [1.82, 2.24) is 4.98 Å². The lowest BCUT2D eigenvalue weighted by Crippen LogP contribution is -2.23. The molecule has 0 aliphatic carbocycles. The average Bonchev–Trinajstić information content (AvgIpc) is 2.80. The number of aliphatic hydroxyl groups is 1. The average molecular weight is 322 g/mol. The van der Waals surface area contributed by atoms with Gasteiger partial charge in [0.2, 0.25) is 5.91 Å². The van der Waals surface area contributed by atoms with Crippen LogP contribution >= 0.6 is 11.3 Å². The molecule has 118 valence electrons. The molecule has 2 rings (SSSR count). The summed E-state index contributed by atoms with van der Waals surface area (Å²) in [5.41, 5.74) is 1.53. The molecule has 0 saturated heterocycles. The molecule has 6 heteroatoms. The van der Waals surface area contributed by atoms with Crippen molar-refractivity contribution in [3.8, 4) is 11.3 Å². The van der Waals surface area contributed by atoms with Gasteiger partial charge in [0.05, 0.1) is 18.2 Å². The van der Waals surface area contributed by atoms with Crippen LogP contribution in [-0.4, -0.2) is 22.1 Å². The summed E-state index contributed by atoms with van der Waals surface area (Å²) in [5.74, 6) is -0.535. The number of carbonyl (C=O) groups is 1. The number of halogens is 1. The van der Waals surface area contributed by atoms with Crippen LogP contribution in [0.2, 0.25) is 0 Å². The van der Waals surface area contributed by atoms with E-state index in [2.05, 4.69) is 10.3 Å². The highest BCUT2D eigenvalue weighted by Crippen LogP contribution is 2.30. The minimum absolute atomic E-state index is 0.0264. The number of benzene rings is 1. The van der Waals surface area contributed by atoms with Crippen LogP contribution in [0.3, 0.4) is 0 Å². The number of amides is 1. The Morgan fingerprint density at radius 2 is 2.00 bits per heavy atom. The highest BCUT2D eigenvalue weighted by molar-refractivity contribution is 7.16. The van der Waals surface area contributed by atoms with Gasteiger partial charge >= 0.3 is 0 Å². The molecule has 1 aromatic carbocycles. The molecular formula is C16H19FN2O2S. The van der Waals surface area contributed by atoms with Gasteiger partial charge in [0.25, 0.3) is 0 Å². The van der Waals surface area contributed by atoms with Crippen molar-refractivity contribution in [1.29, 1.82) is 0 Å². The summed E-state index contributed by atoms with van der Waals surface area (Å²) in [6.45, 7) is 5.62. The van der Waals surface area contributed by atoms with E-state index in [1.54, 1.807) is 12.1 Å². The summed E-state index contributed by atoms with van der Waals surface area (Å²) < 4.78 is 13.0. The Hall–Kier alpha value is -1.79. The molecular weight excluding hydrogens is 303 g/mol. The van der Waals surface area contributed by atoms with Gasteiger partial charge in [-0.3, -0.25) is 4.79 Å². The molecule has 2 aromatic rings. The Kier molecular flexibility index (Phi) is 5.26. The van der Waals surface area contributed by atoms with E-state index in [-0.39, 0.29) is 24.1 Å². The largest absolute Gasteiger partial charge is 0.392 e. The van der Waals surface area contributed by atoms with Crippen molar-refractivity contribution >= 4 is 22.4 Å². The van der Waals surface area contributed by atoms with Gasteiger partial charge in [0.1, 0.15) is 5.82 Å². The fourth-order valence-electron chi connectivity index (χ4n) is 1.92. The van der Waals surface area contributed by atoms with Crippen molar-refractivity contribution in [3.05, 3.63) is 35.0 Å². The van der Waals surface area contributed by atoms with E-state index >= 15 is 0 Å². The molecule has 0 saturated carbocycles. The van der Waals surface area contributed by atoms with E-state index in [0.717, 1.165) is 16.1 Å². The molecule has 2 N–H and O–H groups in total. The zero-order chi connectivity index (χ0) is 16.3. The van der Waals surface area contributed by atoms with Crippen LogP contribution in [0.25, 0.3) is 11.3 Å². The SMILES string of the molecule is Cc1sc(NC(=O)CC(O)C(C)C)nc1-c1ccc(F)cc1. The fourth-order valence-corrected chi connectivity index (χ4v) is 2.77. The monoisotopic (exact) mass is 322 g/mol. The summed E-state index contributed by atoms with van der Waals surface area (Å²) in [5, 5.41) is 12.9. The molecule has 0 bridgehead atoms. The number of carbonyl (C=O) groups excluding carboxylic acids is 1. The Morgan fingerprint density at radius 3 is 2.59 bits per heavy atom. The lowest BCUT2D eigenvalue weighted by molar-refractivity contribution is -0.118. The fraction of sp³-hybridized carbons (Fsp3) is 0.375. The Labute approximate surface area is 133 Å². The molecule has 4 nitrogen and oxygen atoms in total. The zero-order valence-electron chi connectivity index (χ0n) is 12.8. The van der Waals surface area contributed by atoms with Gasteiger partial charge in [-0.25, -0.2) is 9.37 Å². The third kappa shape index (κ3) is 4.11. The summed E-state index contributed by atoms with van der Waals surface area (Å²) in [6, 6.07) is 6.08. The number of aryl methyl sites for hydroxylation is 1. The summed E-state index contributed by atoms with van der Waals surface area (Å²) >= 11 is 1.36. The summed E-state index contributed by atoms with van der Waals surface area (Å²) in [4.78, 5) is 17.2. The molecule has 0 spiro atoms. The lowest BCUT2D eigenvalue weighted by atomic mass is 10.0. The second-order valence-corrected chi connectivity index (χ2v) is 6.70. The number of anilines is 1. The van der Waals surface area contributed by atoms with Crippen molar-refractivity contribution in [2.24, 2.45) is 5.92 Å². The highest BCUT2D eigenvalue weighted by atomic mass is 32.1. The molecule has 0 fully saturated rings. The molecule has 1 atom stereocenters. The summed E-state index contributed by atoms with van der Waals surface area (Å²) in [7, 11) is 0. The summed E-state index contributed by atoms with van der Waals surface area (Å²) in [6.07, 6.45) is -0.625. The smallest absolute Gasteiger partial charge is 0.228 e. The minimum atomic E-state index is -0.669. The first kappa shape index (κ1) is 16.6. The topological polar surface area (TPSA) is 62.2 Å². The Morgan fingerprint density at radius 1 is 1.36 bits per heavy atom. The molecule has 0 radical (unpaired) electrons. The van der Waals surface area contributed by atoms with Crippen LogP contribution in [0.1, 0.15) is 25.1 Å². The first-order valence-electron chi connectivity index (χ1n) is 7.08. The van der Waals surface area contributed by atoms with Crippen LogP contribution < -0.4 is 5.32 Å². The van der Waals surface area contributed by atoms with Gasteiger partial charge in [-0.1, -0.05) is 13.8 Å². The quantitative estimate of drug-likeness (QED) is 0.884. The maximum atomic E-state index is 13.0. The van der Waals surface area contributed by atoms with Crippen molar-refractivity contribution in [2.75, 3.05) is 5.32 Å². The number of nitrogens with zero attached hydrogens (tertiary/aromatic N) is 1. The second kappa shape index (κ2) is 6.98. The van der Waals surface area contributed by atoms with Gasteiger partial charge in [-0.15, -0.1) is 11.3 Å². The van der Waals surface area contributed by atoms with Crippen LogP contribution in [0.15, 0.2) is 24.3 Å². The van der Waals surface area contributed by atoms with E-state index in [0.29, 0.717) is 5.13 Å². The second-order valence-electron chi connectivity index (χ2n) is 5.49. The van der Waals surface area contributed by atoms with Gasteiger partial charge in [0.15, 0.2) is 5.13 Å². The zero-order valence-corrected chi connectivity index (χ0v) is 13.6. The molecule has 1 unspecified atom stereocenters. The predicted octanol–water partition coefficient (Wildman–Crippen LogP) is 3.60. The first-order valence-corrected chi connectivity index (χ1v) is 7.89. The van der Waals surface area contributed by atoms with Gasteiger partial charge in [-0.2, -0.15) is 0 Å². The third-order valence-electron chi connectivity index (χ3n) is 3.32. The number of rotatable bonds is 5. The standard InChI is InChI=1S/C16H19FN2O2S/c1-9(2)13(20)8-14(21)18-16-19-15(10(3)22-16)11-4-6-12(17)7-5-11/h4-7,9,13,20H,8H2,1-3H3,(H,18,19,21). The van der Waals surface area contributed by atoms with Crippen molar-refractivity contribution < 1.29 is 14.3 Å². The van der Waals surface area contributed by atoms with Crippen LogP contribution in [-0.2, 0) is 4.79 Å². The minimum Gasteiger partial charge on any atom is -0.392 e. The molecule has 0 aliphatic rings. The van der Waals surface area contributed by atoms with Gasteiger partial charge < -0.3 is 10.4 Å². The maximum absolute atomic E-state index is 13.0. The van der Waals surface area contributed by atoms with Gasteiger partial charge in [-0.05, 0) is 37.1 Å². The normalized spacial score (nSPS) is 12.5. The van der Waals surface area contributed by atoms with E-state index in [4.69, 9.17) is 0 Å². The van der Waals surface area contributed by atoms with Crippen LogP contribution in [0.5, 0.6) is 0 Å². The van der Waals surface area contributed by atoms with Gasteiger partial charge in [0, 0.05) is 10.4 Å². The number of aliphatic hydroxyl groups excluding tert-OH is 1. The lowest BCUT2D eigenvalue weighted by Gasteiger charge is -2.12. The molecule has 1 aromatic heterocycles. The number of aromatic nitrogens is 1. The van der Waals surface area contributed by atoms with E-state index in [1.807, 2.05) is 20.8 Å². The first-order chi connectivity index (χ1) is 10.4. The third-order valence-corrected chi connectivity index (χ3v) is 4.21. The van der Waals surface area contributed by atoms with Crippen LogP contribution in [0.4, 0.5) is 9.52 Å². The highest BCUT2D eigenvalue weighted by Gasteiger charge is 2.16. The molecule has 22 heavy (non-hydrogen) atoms. The van der Waals surface area contributed by atoms with Crippen molar-refractivity contribution in [2.45, 2.75) is 33.3 Å². The Balaban J connectivity index is 2.10. The number of nitrogens with one attached hydrogen (secondary N) is 1. The predicted molar refractivity (Wildman–Crippen MR) is 86.3 cm³/mol.